The third-order valence-electron chi connectivity index (χ3n) is 2.24. The van der Waals surface area contributed by atoms with Crippen molar-refractivity contribution in [3.05, 3.63) is 35.7 Å². The lowest BCUT2D eigenvalue weighted by Gasteiger charge is -2.04. The number of hydrogen-bond donors (Lipinski definition) is 2. The molecule has 0 unspecified atom stereocenters. The quantitative estimate of drug-likeness (QED) is 0.647. The van der Waals surface area contributed by atoms with E-state index in [0.29, 0.717) is 5.13 Å². The molecule has 4 nitrogen and oxygen atoms in total. The SMILES string of the molecule is CC(=O)C(Nc1nc2ccccc2s1)=C(C)O. The van der Waals surface area contributed by atoms with Gasteiger partial charge >= 0.3 is 0 Å². The molecule has 0 amide bonds. The number of carbonyl (C=O) groups excluding carboxylic acids is 1. The van der Waals surface area contributed by atoms with Gasteiger partial charge in [-0.3, -0.25) is 4.79 Å². The number of aromatic nitrogens is 1. The van der Waals surface area contributed by atoms with Gasteiger partial charge in [0.25, 0.3) is 0 Å². The van der Waals surface area contributed by atoms with Gasteiger partial charge in [0.15, 0.2) is 10.9 Å². The summed E-state index contributed by atoms with van der Waals surface area (Å²) in [7, 11) is 0. The van der Waals surface area contributed by atoms with E-state index in [-0.39, 0.29) is 17.2 Å². The molecule has 2 N–H and O–H groups in total. The summed E-state index contributed by atoms with van der Waals surface area (Å²) in [4.78, 5) is 15.6. The van der Waals surface area contributed by atoms with Crippen LogP contribution in [0.25, 0.3) is 10.2 Å². The highest BCUT2D eigenvalue weighted by Gasteiger charge is 2.11. The topological polar surface area (TPSA) is 62.2 Å². The van der Waals surface area contributed by atoms with Crippen molar-refractivity contribution in [3.63, 3.8) is 0 Å². The van der Waals surface area contributed by atoms with E-state index in [1.807, 2.05) is 24.3 Å². The van der Waals surface area contributed by atoms with Crippen LogP contribution in [0, 0.1) is 0 Å². The van der Waals surface area contributed by atoms with Crippen LogP contribution in [0.4, 0.5) is 5.13 Å². The first-order valence-electron chi connectivity index (χ1n) is 5.11. The number of hydrogen-bond acceptors (Lipinski definition) is 5. The van der Waals surface area contributed by atoms with Gasteiger partial charge < -0.3 is 10.4 Å². The van der Waals surface area contributed by atoms with E-state index in [1.165, 1.54) is 25.2 Å². The lowest BCUT2D eigenvalue weighted by Crippen LogP contribution is -2.10. The predicted octanol–water partition coefficient (Wildman–Crippen LogP) is 3.09. The van der Waals surface area contributed by atoms with Gasteiger partial charge in [-0.25, -0.2) is 4.98 Å². The van der Waals surface area contributed by atoms with Gasteiger partial charge in [0.05, 0.1) is 10.2 Å². The molecule has 0 saturated carbocycles. The van der Waals surface area contributed by atoms with E-state index in [4.69, 9.17) is 0 Å². The highest BCUT2D eigenvalue weighted by Crippen LogP contribution is 2.26. The van der Waals surface area contributed by atoms with Crippen molar-refractivity contribution in [1.29, 1.82) is 0 Å². The van der Waals surface area contributed by atoms with Crippen molar-refractivity contribution in [2.45, 2.75) is 13.8 Å². The summed E-state index contributed by atoms with van der Waals surface area (Å²) in [6.45, 7) is 2.87. The van der Waals surface area contributed by atoms with Crippen molar-refractivity contribution in [2.75, 3.05) is 5.32 Å². The Bertz CT molecular complexity index is 564. The van der Waals surface area contributed by atoms with Crippen molar-refractivity contribution in [3.8, 4) is 0 Å². The minimum absolute atomic E-state index is 0.0308. The van der Waals surface area contributed by atoms with Crippen LogP contribution >= 0.6 is 11.3 Å². The van der Waals surface area contributed by atoms with Crippen molar-refractivity contribution >= 4 is 32.5 Å². The standard InChI is InChI=1S/C12H12N2O2S/c1-7(15)11(8(2)16)14-12-13-9-5-3-4-6-10(9)17-12/h3-6,15H,1-2H3,(H,13,14). The van der Waals surface area contributed by atoms with E-state index in [1.54, 1.807) is 0 Å². The van der Waals surface area contributed by atoms with Crippen molar-refractivity contribution in [2.24, 2.45) is 0 Å². The summed E-state index contributed by atoms with van der Waals surface area (Å²) >= 11 is 1.44. The molecule has 0 aliphatic carbocycles. The first-order valence-corrected chi connectivity index (χ1v) is 5.93. The second kappa shape index (κ2) is 4.55. The molecule has 0 saturated heterocycles. The van der Waals surface area contributed by atoms with Crippen molar-refractivity contribution in [1.82, 2.24) is 4.98 Å². The number of benzene rings is 1. The Morgan fingerprint density at radius 2 is 2.06 bits per heavy atom. The molecule has 5 heteroatoms. The second-order valence-corrected chi connectivity index (χ2v) is 4.66. The lowest BCUT2D eigenvalue weighted by molar-refractivity contribution is -0.113. The van der Waals surface area contributed by atoms with Crippen LogP contribution in [0.3, 0.4) is 0 Å². The molecule has 1 heterocycles. The minimum Gasteiger partial charge on any atom is -0.510 e. The summed E-state index contributed by atoms with van der Waals surface area (Å²) in [6.07, 6.45) is 0. The molecule has 0 radical (unpaired) electrons. The number of thiazole rings is 1. The number of allylic oxidation sites excluding steroid dienone is 2. The number of nitrogens with zero attached hydrogens (tertiary/aromatic N) is 1. The molecule has 1 aromatic heterocycles. The fourth-order valence-corrected chi connectivity index (χ4v) is 2.34. The third-order valence-corrected chi connectivity index (χ3v) is 3.19. The Labute approximate surface area is 103 Å². The van der Waals surface area contributed by atoms with E-state index < -0.39 is 0 Å². The monoisotopic (exact) mass is 248 g/mol. The molecule has 2 aromatic rings. The van der Waals surface area contributed by atoms with Gasteiger partial charge in [-0.2, -0.15) is 0 Å². The van der Waals surface area contributed by atoms with Crippen LogP contribution in [0.1, 0.15) is 13.8 Å². The molecule has 0 fully saturated rings. The maximum atomic E-state index is 11.3. The van der Waals surface area contributed by atoms with Crippen LogP contribution in [0.2, 0.25) is 0 Å². The highest BCUT2D eigenvalue weighted by atomic mass is 32.1. The molecule has 0 bridgehead atoms. The smallest absolute Gasteiger partial charge is 0.188 e. The molecule has 1 aromatic carbocycles. The Balaban J connectivity index is 2.35. The second-order valence-electron chi connectivity index (χ2n) is 3.63. The molecule has 88 valence electrons. The summed E-state index contributed by atoms with van der Waals surface area (Å²) in [5.74, 6) is -0.249. The number of aliphatic hydroxyl groups excluding tert-OH is 1. The fourth-order valence-electron chi connectivity index (χ4n) is 1.47. The number of aliphatic hydroxyl groups is 1. The minimum atomic E-state index is -0.218. The average molecular weight is 248 g/mol. The molecule has 0 atom stereocenters. The fraction of sp³-hybridized carbons (Fsp3) is 0.167. The van der Waals surface area contributed by atoms with Crippen LogP contribution in [0.5, 0.6) is 0 Å². The van der Waals surface area contributed by atoms with Crippen LogP contribution in [-0.4, -0.2) is 15.9 Å². The van der Waals surface area contributed by atoms with Gasteiger partial charge in [0.2, 0.25) is 0 Å². The van der Waals surface area contributed by atoms with Gasteiger partial charge in [0.1, 0.15) is 11.5 Å². The van der Waals surface area contributed by atoms with Crippen LogP contribution < -0.4 is 5.32 Å². The summed E-state index contributed by atoms with van der Waals surface area (Å²) in [6, 6.07) is 7.70. The molecular weight excluding hydrogens is 236 g/mol. The zero-order valence-electron chi connectivity index (χ0n) is 9.52. The number of Topliss-reactive ketones (excluding diaryl/α,β-unsaturated/α-hetero) is 1. The number of carbonyl (C=O) groups is 1. The number of rotatable bonds is 3. The molecular formula is C12H12N2O2S. The molecule has 17 heavy (non-hydrogen) atoms. The maximum absolute atomic E-state index is 11.3. The number of anilines is 1. The lowest BCUT2D eigenvalue weighted by atomic mass is 10.3. The number of fused-ring (bicyclic) bond motifs is 1. The zero-order chi connectivity index (χ0) is 12.4. The molecule has 0 spiro atoms. The molecule has 2 rings (SSSR count). The maximum Gasteiger partial charge on any atom is 0.188 e. The Morgan fingerprint density at radius 3 is 2.65 bits per heavy atom. The average Bonchev–Trinajstić information content (AvgIpc) is 2.67. The van der Waals surface area contributed by atoms with E-state index in [0.717, 1.165) is 10.2 Å². The Morgan fingerprint density at radius 1 is 1.35 bits per heavy atom. The van der Waals surface area contributed by atoms with E-state index in [2.05, 4.69) is 10.3 Å². The van der Waals surface area contributed by atoms with Crippen molar-refractivity contribution < 1.29 is 9.90 Å². The van der Waals surface area contributed by atoms with Crippen LogP contribution in [-0.2, 0) is 4.79 Å². The first-order chi connectivity index (χ1) is 8.08. The Kier molecular flexibility index (Phi) is 3.10. The predicted molar refractivity (Wildman–Crippen MR) is 69.3 cm³/mol. The van der Waals surface area contributed by atoms with E-state index in [9.17, 15) is 9.90 Å². The van der Waals surface area contributed by atoms with Gasteiger partial charge in [-0.05, 0) is 19.1 Å². The summed E-state index contributed by atoms with van der Waals surface area (Å²) in [5, 5.41) is 12.8. The largest absolute Gasteiger partial charge is 0.510 e. The summed E-state index contributed by atoms with van der Waals surface area (Å²) < 4.78 is 1.04. The zero-order valence-corrected chi connectivity index (χ0v) is 10.3. The number of ketones is 1. The molecule has 0 aliphatic heterocycles. The number of nitrogens with one attached hydrogen (secondary N) is 1. The molecule has 0 aliphatic rings. The first kappa shape index (κ1) is 11.6. The van der Waals surface area contributed by atoms with Gasteiger partial charge in [0, 0.05) is 6.92 Å². The van der Waals surface area contributed by atoms with E-state index >= 15 is 0 Å². The van der Waals surface area contributed by atoms with Crippen LogP contribution in [0.15, 0.2) is 35.7 Å². The Hall–Kier alpha value is -1.88. The summed E-state index contributed by atoms with van der Waals surface area (Å²) in [5.41, 5.74) is 1.06. The normalized spacial score (nSPS) is 12.4. The van der Waals surface area contributed by atoms with Gasteiger partial charge in [-0.15, -0.1) is 0 Å². The highest BCUT2D eigenvalue weighted by molar-refractivity contribution is 7.22. The van der Waals surface area contributed by atoms with Gasteiger partial charge in [-0.1, -0.05) is 23.5 Å². The third kappa shape index (κ3) is 2.45. The number of para-hydroxylation sites is 1.